The van der Waals surface area contributed by atoms with Crippen LogP contribution in [-0.4, -0.2) is 24.0 Å². The Morgan fingerprint density at radius 1 is 1.09 bits per heavy atom. The molecule has 0 aliphatic carbocycles. The van der Waals surface area contributed by atoms with Crippen molar-refractivity contribution in [1.82, 2.24) is 10.3 Å². The molecule has 4 nitrogen and oxygen atoms in total. The van der Waals surface area contributed by atoms with Gasteiger partial charge in [-0.3, -0.25) is 9.78 Å². The van der Waals surface area contributed by atoms with Gasteiger partial charge in [-0.05, 0) is 73.4 Å². The van der Waals surface area contributed by atoms with Gasteiger partial charge in [-0.15, -0.1) is 0 Å². The van der Waals surface area contributed by atoms with E-state index in [1.54, 1.807) is 19.4 Å². The number of pyridine rings is 1. The number of benzene rings is 1. The van der Waals surface area contributed by atoms with Gasteiger partial charge in [-0.25, -0.2) is 0 Å². The minimum absolute atomic E-state index is 0.0225. The molecule has 0 bridgehead atoms. The Kier molecular flexibility index (Phi) is 11.9. The van der Waals surface area contributed by atoms with Crippen LogP contribution in [0, 0.1) is 0 Å². The number of hydrogen-bond acceptors (Lipinski definition) is 3. The zero-order valence-corrected chi connectivity index (χ0v) is 19.8. The Labute approximate surface area is 193 Å². The zero-order chi connectivity index (χ0) is 23.0. The van der Waals surface area contributed by atoms with Gasteiger partial charge in [0.2, 0.25) is 5.91 Å². The Hall–Kier alpha value is -2.88. The molecule has 1 N–H and O–H groups in total. The molecule has 0 unspecified atom stereocenters. The van der Waals surface area contributed by atoms with Crippen LogP contribution in [0.15, 0.2) is 67.0 Å². The van der Waals surface area contributed by atoms with Gasteiger partial charge < -0.3 is 10.1 Å². The minimum Gasteiger partial charge on any atom is -0.497 e. The highest BCUT2D eigenvalue weighted by Gasteiger charge is 2.10. The third-order valence-corrected chi connectivity index (χ3v) is 5.53. The maximum atomic E-state index is 12.5. The van der Waals surface area contributed by atoms with Crippen LogP contribution in [0.3, 0.4) is 0 Å². The van der Waals surface area contributed by atoms with Crippen LogP contribution >= 0.6 is 0 Å². The standard InChI is InChI=1S/C28H38N2O2/c1-4-6-13-24(25-17-19-27(32-3)20-18-25)14-8-16-28(31)30-26(10-5-2)15-7-11-23-12-9-21-29-22-23/h8-9,12,14,16-22,26H,4-7,10-11,13,15H2,1-3H3,(H,30,31)/b16-8+,24-14+/t26-/m1/s1. The number of ether oxygens (including phenoxy) is 1. The highest BCUT2D eigenvalue weighted by molar-refractivity contribution is 5.88. The van der Waals surface area contributed by atoms with E-state index in [0.29, 0.717) is 0 Å². The highest BCUT2D eigenvalue weighted by atomic mass is 16.5. The lowest BCUT2D eigenvalue weighted by Gasteiger charge is -2.17. The van der Waals surface area contributed by atoms with Crippen LogP contribution in [0.1, 0.15) is 69.9 Å². The van der Waals surface area contributed by atoms with Crippen molar-refractivity contribution in [3.05, 3.63) is 78.1 Å². The number of methoxy groups -OCH3 is 1. The fraction of sp³-hybridized carbons (Fsp3) is 0.429. The SMILES string of the molecule is CCCC/C(=C\C=C\C(=O)N[C@H](CCC)CCCc1cccnc1)c1ccc(OC)cc1. The van der Waals surface area contributed by atoms with Crippen molar-refractivity contribution >= 4 is 11.5 Å². The molecule has 0 saturated carbocycles. The number of unbranched alkanes of at least 4 members (excludes halogenated alkanes) is 1. The van der Waals surface area contributed by atoms with Crippen molar-refractivity contribution in [3.8, 4) is 5.75 Å². The lowest BCUT2D eigenvalue weighted by Crippen LogP contribution is -2.33. The smallest absolute Gasteiger partial charge is 0.244 e. The van der Waals surface area contributed by atoms with Gasteiger partial charge in [0.1, 0.15) is 5.75 Å². The first kappa shape index (κ1) is 25.4. The lowest BCUT2D eigenvalue weighted by molar-refractivity contribution is -0.117. The second kappa shape index (κ2) is 15.0. The summed E-state index contributed by atoms with van der Waals surface area (Å²) in [6.45, 7) is 4.35. The van der Waals surface area contributed by atoms with E-state index in [2.05, 4.69) is 48.4 Å². The summed E-state index contributed by atoms with van der Waals surface area (Å²) in [6, 6.07) is 12.4. The number of aryl methyl sites for hydroxylation is 1. The average Bonchev–Trinajstić information content (AvgIpc) is 2.82. The van der Waals surface area contributed by atoms with Gasteiger partial charge in [-0.1, -0.05) is 57.0 Å². The van der Waals surface area contributed by atoms with Crippen LogP contribution in [-0.2, 0) is 11.2 Å². The third-order valence-electron chi connectivity index (χ3n) is 5.53. The highest BCUT2D eigenvalue weighted by Crippen LogP contribution is 2.23. The van der Waals surface area contributed by atoms with Gasteiger partial charge in [0.25, 0.3) is 0 Å². The Bertz CT molecular complexity index is 841. The number of amides is 1. The van der Waals surface area contributed by atoms with E-state index in [0.717, 1.165) is 57.1 Å². The molecular weight excluding hydrogens is 396 g/mol. The number of carbonyl (C=O) groups is 1. The summed E-state index contributed by atoms with van der Waals surface area (Å²) in [7, 11) is 1.68. The van der Waals surface area contributed by atoms with Gasteiger partial charge in [0.15, 0.2) is 0 Å². The first-order valence-corrected chi connectivity index (χ1v) is 11.9. The van der Waals surface area contributed by atoms with Gasteiger partial charge in [0, 0.05) is 24.5 Å². The molecule has 0 spiro atoms. The largest absolute Gasteiger partial charge is 0.497 e. The molecule has 1 aromatic heterocycles. The molecule has 4 heteroatoms. The summed E-state index contributed by atoms with van der Waals surface area (Å²) < 4.78 is 5.26. The summed E-state index contributed by atoms with van der Waals surface area (Å²) in [6.07, 6.45) is 17.6. The maximum absolute atomic E-state index is 12.5. The zero-order valence-electron chi connectivity index (χ0n) is 19.8. The quantitative estimate of drug-likeness (QED) is 0.272. The third kappa shape index (κ3) is 9.51. The molecule has 2 rings (SSSR count). The lowest BCUT2D eigenvalue weighted by atomic mass is 9.99. The number of aromatic nitrogens is 1. The summed E-state index contributed by atoms with van der Waals surface area (Å²) in [5, 5.41) is 3.19. The second-order valence-electron chi connectivity index (χ2n) is 8.13. The molecular formula is C28H38N2O2. The molecule has 32 heavy (non-hydrogen) atoms. The first-order valence-electron chi connectivity index (χ1n) is 11.9. The molecule has 1 heterocycles. The van der Waals surface area contributed by atoms with Crippen LogP contribution in [0.2, 0.25) is 0 Å². The summed E-state index contributed by atoms with van der Waals surface area (Å²) in [5.41, 5.74) is 3.65. The number of nitrogens with zero attached hydrogens (tertiary/aromatic N) is 1. The van der Waals surface area contributed by atoms with Crippen molar-refractivity contribution in [2.24, 2.45) is 0 Å². The predicted molar refractivity (Wildman–Crippen MR) is 134 cm³/mol. The van der Waals surface area contributed by atoms with E-state index in [-0.39, 0.29) is 11.9 Å². The second-order valence-corrected chi connectivity index (χ2v) is 8.13. The Balaban J connectivity index is 1.93. The van der Waals surface area contributed by atoms with E-state index in [1.165, 1.54) is 16.7 Å². The number of carbonyl (C=O) groups excluding carboxylic acids is 1. The Morgan fingerprint density at radius 2 is 1.91 bits per heavy atom. The monoisotopic (exact) mass is 434 g/mol. The van der Waals surface area contributed by atoms with Crippen molar-refractivity contribution in [2.45, 2.75) is 71.3 Å². The van der Waals surface area contributed by atoms with Crippen molar-refractivity contribution in [2.75, 3.05) is 7.11 Å². The van der Waals surface area contributed by atoms with Crippen LogP contribution in [0.5, 0.6) is 5.75 Å². The number of hydrogen-bond donors (Lipinski definition) is 1. The molecule has 172 valence electrons. The molecule has 0 radical (unpaired) electrons. The fourth-order valence-electron chi connectivity index (χ4n) is 3.73. The van der Waals surface area contributed by atoms with Crippen molar-refractivity contribution in [1.29, 1.82) is 0 Å². The van der Waals surface area contributed by atoms with Gasteiger partial charge >= 0.3 is 0 Å². The molecule has 0 saturated heterocycles. The predicted octanol–water partition coefficient (Wildman–Crippen LogP) is 6.53. The normalized spacial score (nSPS) is 12.7. The maximum Gasteiger partial charge on any atom is 0.244 e. The molecule has 1 atom stereocenters. The first-order chi connectivity index (χ1) is 15.7. The summed E-state index contributed by atoms with van der Waals surface area (Å²) in [4.78, 5) is 16.7. The van der Waals surface area contributed by atoms with Crippen molar-refractivity contribution in [3.63, 3.8) is 0 Å². The van der Waals surface area contributed by atoms with Crippen LogP contribution < -0.4 is 10.1 Å². The van der Waals surface area contributed by atoms with E-state index in [4.69, 9.17) is 4.74 Å². The topological polar surface area (TPSA) is 51.2 Å². The molecule has 0 aliphatic heterocycles. The van der Waals surface area contributed by atoms with E-state index in [9.17, 15) is 4.79 Å². The van der Waals surface area contributed by atoms with Crippen LogP contribution in [0.25, 0.3) is 5.57 Å². The Morgan fingerprint density at radius 3 is 2.56 bits per heavy atom. The van der Waals surface area contributed by atoms with Gasteiger partial charge in [0.05, 0.1) is 7.11 Å². The van der Waals surface area contributed by atoms with E-state index < -0.39 is 0 Å². The molecule has 0 aliphatic rings. The summed E-state index contributed by atoms with van der Waals surface area (Å²) >= 11 is 0. The van der Waals surface area contributed by atoms with Gasteiger partial charge in [-0.2, -0.15) is 0 Å². The molecule has 1 amide bonds. The van der Waals surface area contributed by atoms with Crippen LogP contribution in [0.4, 0.5) is 0 Å². The number of allylic oxidation sites excluding steroid dienone is 3. The summed E-state index contributed by atoms with van der Waals surface area (Å²) in [5.74, 6) is 0.828. The molecule has 1 aromatic carbocycles. The van der Waals surface area contributed by atoms with E-state index in [1.807, 2.05) is 30.5 Å². The molecule has 0 fully saturated rings. The molecule has 2 aromatic rings. The van der Waals surface area contributed by atoms with E-state index >= 15 is 0 Å². The number of rotatable bonds is 14. The minimum atomic E-state index is -0.0225. The number of nitrogens with one attached hydrogen (secondary N) is 1. The van der Waals surface area contributed by atoms with Crippen molar-refractivity contribution < 1.29 is 9.53 Å². The fourth-order valence-corrected chi connectivity index (χ4v) is 3.73. The average molecular weight is 435 g/mol.